The molecule has 1 heterocycles. The molecule has 21 heavy (non-hydrogen) atoms. The van der Waals surface area contributed by atoms with Gasteiger partial charge in [0.05, 0.1) is 6.61 Å². The molecule has 0 bridgehead atoms. The number of aliphatic hydroxyl groups excluding tert-OH is 2. The summed E-state index contributed by atoms with van der Waals surface area (Å²) in [6.07, 6.45) is -3.46. The van der Waals surface area contributed by atoms with Gasteiger partial charge in [-0.25, -0.2) is 4.79 Å². The molecule has 0 aliphatic carbocycles. The molecule has 0 amide bonds. The highest BCUT2D eigenvalue weighted by molar-refractivity contribution is 5.87. The van der Waals surface area contributed by atoms with Crippen molar-refractivity contribution in [3.05, 3.63) is 35.9 Å². The Morgan fingerprint density at radius 1 is 1.33 bits per heavy atom. The lowest BCUT2D eigenvalue weighted by Gasteiger charge is -2.40. The molecule has 4 atom stereocenters. The topological polar surface area (TPSA) is 119 Å². The Bertz CT molecular complexity index is 511. The van der Waals surface area contributed by atoms with Crippen LogP contribution in [0.4, 0.5) is 0 Å². The molecule has 1 fully saturated rings. The minimum absolute atomic E-state index is 0.0976. The van der Waals surface area contributed by atoms with Crippen LogP contribution in [0.5, 0.6) is 5.75 Å². The molecule has 1 aromatic carbocycles. The molecule has 1 aromatic rings. The van der Waals surface area contributed by atoms with Crippen molar-refractivity contribution in [1.82, 2.24) is 0 Å². The van der Waals surface area contributed by atoms with Crippen LogP contribution in [0.2, 0.25) is 0 Å². The molecule has 114 valence electrons. The van der Waals surface area contributed by atoms with Crippen LogP contribution in [0.1, 0.15) is 5.56 Å². The van der Waals surface area contributed by atoms with Gasteiger partial charge < -0.3 is 29.9 Å². The van der Waals surface area contributed by atoms with Crippen molar-refractivity contribution in [2.24, 2.45) is 0 Å². The van der Waals surface area contributed by atoms with E-state index < -0.39 is 30.6 Å². The van der Waals surface area contributed by atoms with Gasteiger partial charge in [-0.3, -0.25) is 0 Å². The molecular formula is C14H15O7-. The summed E-state index contributed by atoms with van der Waals surface area (Å²) in [5, 5.41) is 39.6. The number of aromatic hydroxyl groups is 1. The zero-order chi connectivity index (χ0) is 15.4. The lowest BCUT2D eigenvalue weighted by Crippen LogP contribution is -2.59. The molecule has 2 rings (SSSR count). The number of esters is 1. The predicted octanol–water partition coefficient (Wildman–Crippen LogP) is -1.24. The Hall–Kier alpha value is -1.93. The summed E-state index contributed by atoms with van der Waals surface area (Å²) in [6, 6.07) is 6.07. The van der Waals surface area contributed by atoms with Crippen LogP contribution in [0.25, 0.3) is 6.08 Å². The number of rotatable bonds is 3. The second kappa shape index (κ2) is 6.68. The zero-order valence-corrected chi connectivity index (χ0v) is 11.0. The minimum Gasteiger partial charge on any atom is -0.828 e. The van der Waals surface area contributed by atoms with Gasteiger partial charge in [0.2, 0.25) is 0 Å². The summed E-state index contributed by atoms with van der Waals surface area (Å²) in [6.45, 7) is -0.299. The minimum atomic E-state index is -1.74. The Morgan fingerprint density at radius 3 is 2.67 bits per heavy atom. The van der Waals surface area contributed by atoms with Crippen molar-refractivity contribution in [3.63, 3.8) is 0 Å². The second-order valence-corrected chi connectivity index (χ2v) is 4.59. The van der Waals surface area contributed by atoms with Crippen molar-refractivity contribution >= 4 is 12.0 Å². The van der Waals surface area contributed by atoms with E-state index in [4.69, 9.17) is 9.84 Å². The third-order valence-electron chi connectivity index (χ3n) is 2.99. The first-order valence-electron chi connectivity index (χ1n) is 6.28. The molecule has 3 N–H and O–H groups in total. The molecule has 7 heteroatoms. The van der Waals surface area contributed by atoms with Crippen molar-refractivity contribution in [2.45, 2.75) is 24.6 Å². The largest absolute Gasteiger partial charge is 0.828 e. The molecule has 1 aliphatic heterocycles. The Labute approximate surface area is 120 Å². The van der Waals surface area contributed by atoms with Crippen molar-refractivity contribution in [3.8, 4) is 5.75 Å². The normalized spacial score (nSPS) is 29.5. The number of hydrogen-bond acceptors (Lipinski definition) is 7. The molecule has 0 spiro atoms. The summed E-state index contributed by atoms with van der Waals surface area (Å²) in [7, 11) is 0. The van der Waals surface area contributed by atoms with Crippen LogP contribution in [0.15, 0.2) is 30.3 Å². The third-order valence-corrected chi connectivity index (χ3v) is 2.99. The summed E-state index contributed by atoms with van der Waals surface area (Å²) >= 11 is 0. The highest BCUT2D eigenvalue weighted by Crippen LogP contribution is 2.16. The van der Waals surface area contributed by atoms with Gasteiger partial charge in [-0.15, -0.1) is 0 Å². The van der Waals surface area contributed by atoms with Crippen LogP contribution < -0.4 is 5.11 Å². The van der Waals surface area contributed by atoms with Gasteiger partial charge >= 0.3 is 5.97 Å². The number of phenols is 1. The van der Waals surface area contributed by atoms with E-state index in [1.807, 2.05) is 0 Å². The number of benzene rings is 1. The number of phenolic OH excluding ortho intramolecular Hbond substituents is 1. The standard InChI is InChI=1S/C14H15O7/c15-9-4-1-8(2-5-9)3-6-11(17)21-13-12(18)10(16)7-20-14(13)19/h1-6,10,12-16,18H,7H2/q-1/b6-3+/t10-,12+,13-,14+/m1/s1. The third kappa shape index (κ3) is 4.02. The summed E-state index contributed by atoms with van der Waals surface area (Å²) in [4.78, 5) is 11.6. The highest BCUT2D eigenvalue weighted by Gasteiger charge is 2.36. The second-order valence-electron chi connectivity index (χ2n) is 4.59. The van der Waals surface area contributed by atoms with E-state index in [0.717, 1.165) is 6.08 Å². The van der Waals surface area contributed by atoms with Crippen LogP contribution in [0.3, 0.4) is 0 Å². The van der Waals surface area contributed by atoms with Crippen LogP contribution >= 0.6 is 0 Å². The fourth-order valence-electron chi connectivity index (χ4n) is 1.82. The first-order valence-corrected chi connectivity index (χ1v) is 6.28. The molecule has 1 aliphatic rings. The van der Waals surface area contributed by atoms with Crippen LogP contribution in [-0.2, 0) is 14.3 Å². The van der Waals surface area contributed by atoms with Gasteiger partial charge in [-0.1, -0.05) is 12.1 Å². The van der Waals surface area contributed by atoms with E-state index in [1.165, 1.54) is 18.2 Å². The monoisotopic (exact) mass is 295 g/mol. The van der Waals surface area contributed by atoms with Crippen LogP contribution in [-0.4, -0.2) is 52.5 Å². The Kier molecular flexibility index (Phi) is 4.92. The number of aliphatic hydroxyl groups is 2. The Morgan fingerprint density at radius 2 is 2.00 bits per heavy atom. The summed E-state index contributed by atoms with van der Waals surface area (Å²) in [5.74, 6) is -0.744. The summed E-state index contributed by atoms with van der Waals surface area (Å²) < 4.78 is 9.46. The van der Waals surface area contributed by atoms with Crippen LogP contribution in [0, 0.1) is 0 Å². The molecule has 0 unspecified atom stereocenters. The fraction of sp³-hybridized carbons (Fsp3) is 0.357. The number of carbonyl (C=O) groups excluding carboxylic acids is 1. The molecule has 1 saturated heterocycles. The zero-order valence-electron chi connectivity index (χ0n) is 11.0. The average Bonchev–Trinajstić information content (AvgIpc) is 2.47. The van der Waals surface area contributed by atoms with Crippen molar-refractivity contribution in [1.29, 1.82) is 0 Å². The molecule has 7 nitrogen and oxygen atoms in total. The van der Waals surface area contributed by atoms with Gasteiger partial charge in [-0.2, -0.15) is 0 Å². The van der Waals surface area contributed by atoms with Crippen molar-refractivity contribution in [2.75, 3.05) is 6.61 Å². The number of carbonyl (C=O) groups is 1. The quantitative estimate of drug-likeness (QED) is 0.471. The number of hydrogen-bond donors (Lipinski definition) is 3. The average molecular weight is 295 g/mol. The fourth-order valence-corrected chi connectivity index (χ4v) is 1.82. The maximum absolute atomic E-state index is 11.6. The van der Waals surface area contributed by atoms with E-state index in [9.17, 15) is 20.1 Å². The molecular weight excluding hydrogens is 280 g/mol. The first-order chi connectivity index (χ1) is 9.97. The first kappa shape index (κ1) is 15.5. The lowest BCUT2D eigenvalue weighted by atomic mass is 10.1. The highest BCUT2D eigenvalue weighted by atomic mass is 16.7. The van der Waals surface area contributed by atoms with Gasteiger partial charge in [0.1, 0.15) is 24.1 Å². The number of ether oxygens (including phenoxy) is 2. The van der Waals surface area contributed by atoms with E-state index >= 15 is 0 Å². The van der Waals surface area contributed by atoms with E-state index in [2.05, 4.69) is 4.74 Å². The molecule has 0 aromatic heterocycles. The van der Waals surface area contributed by atoms with E-state index in [-0.39, 0.29) is 12.4 Å². The molecule has 0 radical (unpaired) electrons. The predicted molar refractivity (Wildman–Crippen MR) is 68.8 cm³/mol. The smallest absolute Gasteiger partial charge is 0.331 e. The lowest BCUT2D eigenvalue weighted by molar-refractivity contribution is -0.523. The van der Waals surface area contributed by atoms with E-state index in [1.54, 1.807) is 12.1 Å². The van der Waals surface area contributed by atoms with E-state index in [0.29, 0.717) is 5.56 Å². The van der Waals surface area contributed by atoms with Gasteiger partial charge in [-0.05, 0) is 23.8 Å². The maximum atomic E-state index is 11.6. The van der Waals surface area contributed by atoms with Gasteiger partial charge in [0.15, 0.2) is 0 Å². The molecule has 0 saturated carbocycles. The van der Waals surface area contributed by atoms with Crippen molar-refractivity contribution < 1.29 is 34.7 Å². The van der Waals surface area contributed by atoms with Gasteiger partial charge in [0, 0.05) is 12.4 Å². The Balaban J connectivity index is 1.95. The maximum Gasteiger partial charge on any atom is 0.331 e. The summed E-state index contributed by atoms with van der Waals surface area (Å²) in [5.41, 5.74) is 0.643. The SMILES string of the molecule is O=C(/C=C/c1ccc(O)cc1)O[C@@H]1[C@@H](O)[C@H](O)CO[C@@H]1[O-]. The van der Waals surface area contributed by atoms with Gasteiger partial charge in [0.25, 0.3) is 0 Å².